The molecule has 0 saturated carbocycles. The Morgan fingerprint density at radius 3 is 2.42 bits per heavy atom. The number of carbonyl (C=O) groups excluding carboxylic acids is 3. The summed E-state index contributed by atoms with van der Waals surface area (Å²) < 4.78 is 5.81. The quantitative estimate of drug-likeness (QED) is 0.252. The van der Waals surface area contributed by atoms with Gasteiger partial charge in [0.2, 0.25) is 5.91 Å². The lowest BCUT2D eigenvalue weighted by atomic mass is 9.90. The molecule has 10 heteroatoms. The third-order valence-electron chi connectivity index (χ3n) is 6.80. The van der Waals surface area contributed by atoms with E-state index in [1.165, 1.54) is 18.4 Å². The summed E-state index contributed by atoms with van der Waals surface area (Å²) in [5.41, 5.74) is 6.77. The summed E-state index contributed by atoms with van der Waals surface area (Å²) in [7, 11) is 7.04. The molecule has 1 N–H and O–H groups in total. The molecule has 2 amide bonds. The average Bonchev–Trinajstić information content (AvgIpc) is 3.56. The number of aliphatic imine (C=N–C) groups is 1. The topological polar surface area (TPSA) is 104 Å². The van der Waals surface area contributed by atoms with E-state index >= 15 is 0 Å². The van der Waals surface area contributed by atoms with Crippen LogP contribution in [-0.2, 0) is 9.53 Å². The molecule has 1 aliphatic rings. The van der Waals surface area contributed by atoms with Crippen molar-refractivity contribution in [2.75, 3.05) is 46.7 Å². The average molecular weight is 556 g/mol. The van der Waals surface area contributed by atoms with Crippen LogP contribution < -0.4 is 5.32 Å². The van der Waals surface area contributed by atoms with Crippen LogP contribution in [0.15, 0.2) is 71.2 Å². The Hall–Kier alpha value is -4.41. The van der Waals surface area contributed by atoms with Crippen LogP contribution in [0, 0.1) is 0 Å². The molecule has 0 saturated heterocycles. The molecule has 0 radical (unpaired) electrons. The molecule has 1 aliphatic heterocycles. The molecule has 9 nitrogen and oxygen atoms in total. The van der Waals surface area contributed by atoms with Gasteiger partial charge < -0.3 is 19.9 Å². The summed E-state index contributed by atoms with van der Waals surface area (Å²) in [6.45, 7) is 1.38. The van der Waals surface area contributed by atoms with Gasteiger partial charge >= 0.3 is 5.97 Å². The lowest BCUT2D eigenvalue weighted by Crippen LogP contribution is -2.33. The van der Waals surface area contributed by atoms with E-state index in [1.54, 1.807) is 59.9 Å². The number of hydrogen-bond acceptors (Lipinski definition) is 8. The van der Waals surface area contributed by atoms with E-state index in [0.29, 0.717) is 34.8 Å². The number of aromatic nitrogens is 1. The smallest absolute Gasteiger partial charge is 0.337 e. The fourth-order valence-electron chi connectivity index (χ4n) is 4.58. The Balaban J connectivity index is 1.53. The van der Waals surface area contributed by atoms with Crippen molar-refractivity contribution < 1.29 is 19.1 Å². The number of rotatable bonds is 8. The molecule has 2 heterocycles. The SMILES string of the molecule is COC(=O)c1ccc2c(c1)NC(=O)C2C(=Nc1ccc(C(=O)N(C)CCN(C)C)cc1)c1ccc2ncsc2c1. The minimum absolute atomic E-state index is 0.0706. The van der Waals surface area contributed by atoms with Gasteiger partial charge in [-0.3, -0.25) is 14.6 Å². The normalized spacial score (nSPS) is 14.8. The van der Waals surface area contributed by atoms with Gasteiger partial charge in [0, 0.05) is 31.4 Å². The number of esters is 1. The van der Waals surface area contributed by atoms with Gasteiger partial charge in [-0.25, -0.2) is 9.78 Å². The molecule has 0 aliphatic carbocycles. The molecule has 0 spiro atoms. The maximum Gasteiger partial charge on any atom is 0.337 e. The summed E-state index contributed by atoms with van der Waals surface area (Å²) in [5, 5.41) is 2.90. The number of fused-ring (bicyclic) bond motifs is 2. The third kappa shape index (κ3) is 5.49. The van der Waals surface area contributed by atoms with E-state index in [1.807, 2.05) is 37.2 Å². The van der Waals surface area contributed by atoms with Gasteiger partial charge in [0.1, 0.15) is 5.92 Å². The van der Waals surface area contributed by atoms with Gasteiger partial charge in [0.25, 0.3) is 5.91 Å². The molecular weight excluding hydrogens is 526 g/mol. The Labute approximate surface area is 236 Å². The van der Waals surface area contributed by atoms with E-state index in [-0.39, 0.29) is 11.8 Å². The Morgan fingerprint density at radius 1 is 0.975 bits per heavy atom. The zero-order chi connectivity index (χ0) is 28.4. The number of amides is 2. The predicted molar refractivity (Wildman–Crippen MR) is 157 cm³/mol. The molecular formula is C30H29N5O4S. The number of benzene rings is 3. The van der Waals surface area contributed by atoms with Crippen LogP contribution in [0.3, 0.4) is 0 Å². The number of nitrogens with zero attached hydrogens (tertiary/aromatic N) is 4. The van der Waals surface area contributed by atoms with Crippen LogP contribution in [-0.4, -0.2) is 79.6 Å². The van der Waals surface area contributed by atoms with Crippen LogP contribution in [0.1, 0.15) is 37.8 Å². The summed E-state index contributed by atoms with van der Waals surface area (Å²) in [5.74, 6) is -1.49. The number of carbonyl (C=O) groups is 3. The molecule has 1 atom stereocenters. The summed E-state index contributed by atoms with van der Waals surface area (Å²) in [4.78, 5) is 51.3. The summed E-state index contributed by atoms with van der Waals surface area (Å²) in [6, 6.07) is 17.9. The number of anilines is 1. The molecule has 0 fully saturated rings. The van der Waals surface area contributed by atoms with E-state index in [2.05, 4.69) is 10.3 Å². The lowest BCUT2D eigenvalue weighted by molar-refractivity contribution is -0.115. The van der Waals surface area contributed by atoms with Crippen LogP contribution in [0.2, 0.25) is 0 Å². The molecule has 0 bridgehead atoms. The Morgan fingerprint density at radius 2 is 1.70 bits per heavy atom. The monoisotopic (exact) mass is 555 g/mol. The van der Waals surface area contributed by atoms with Gasteiger partial charge in [-0.05, 0) is 73.8 Å². The first-order valence-electron chi connectivity index (χ1n) is 12.7. The van der Waals surface area contributed by atoms with Gasteiger partial charge in [0.05, 0.1) is 39.8 Å². The molecule has 4 aromatic rings. The number of nitrogens with one attached hydrogen (secondary N) is 1. The Kier molecular flexibility index (Phi) is 7.72. The second-order valence-corrected chi connectivity index (χ2v) is 10.7. The van der Waals surface area contributed by atoms with Gasteiger partial charge in [-0.1, -0.05) is 12.1 Å². The highest BCUT2D eigenvalue weighted by atomic mass is 32.1. The fourth-order valence-corrected chi connectivity index (χ4v) is 5.29. The first-order valence-corrected chi connectivity index (χ1v) is 13.6. The van der Waals surface area contributed by atoms with Crippen molar-refractivity contribution >= 4 is 56.4 Å². The van der Waals surface area contributed by atoms with Gasteiger partial charge in [0.15, 0.2) is 0 Å². The van der Waals surface area contributed by atoms with Crippen molar-refractivity contribution in [3.8, 4) is 0 Å². The van der Waals surface area contributed by atoms with Crippen LogP contribution in [0.5, 0.6) is 0 Å². The molecule has 1 unspecified atom stereocenters. The van der Waals surface area contributed by atoms with Crippen molar-refractivity contribution in [3.63, 3.8) is 0 Å². The van der Waals surface area contributed by atoms with Gasteiger partial charge in [-0.2, -0.15) is 0 Å². The second-order valence-electron chi connectivity index (χ2n) is 9.82. The summed E-state index contributed by atoms with van der Waals surface area (Å²) >= 11 is 1.51. The fraction of sp³-hybridized carbons (Fsp3) is 0.233. The van der Waals surface area contributed by atoms with Crippen LogP contribution >= 0.6 is 11.3 Å². The van der Waals surface area contributed by atoms with Crippen molar-refractivity contribution in [2.24, 2.45) is 4.99 Å². The zero-order valence-electron chi connectivity index (χ0n) is 22.7. The molecule has 5 rings (SSSR count). The van der Waals surface area contributed by atoms with E-state index in [0.717, 1.165) is 27.9 Å². The van der Waals surface area contributed by atoms with Gasteiger partial charge in [-0.15, -0.1) is 11.3 Å². The first-order chi connectivity index (χ1) is 19.2. The minimum atomic E-state index is -0.703. The largest absolute Gasteiger partial charge is 0.465 e. The molecule has 40 heavy (non-hydrogen) atoms. The zero-order valence-corrected chi connectivity index (χ0v) is 23.5. The molecule has 3 aromatic carbocycles. The lowest BCUT2D eigenvalue weighted by Gasteiger charge is -2.19. The second kappa shape index (κ2) is 11.4. The number of likely N-dealkylation sites (N-methyl/N-ethyl adjacent to an activating group) is 2. The van der Waals surface area contributed by atoms with Crippen molar-refractivity contribution in [3.05, 3.63) is 88.4 Å². The predicted octanol–water partition coefficient (Wildman–Crippen LogP) is 4.57. The highest BCUT2D eigenvalue weighted by Crippen LogP contribution is 2.37. The standard InChI is InChI=1S/C30H29N5O4S/c1-34(2)13-14-35(3)29(37)18-5-9-21(10-6-18)32-27(19-8-12-23-25(16-19)40-17-31-23)26-22-11-7-20(30(38)39-4)15-24(22)33-28(26)36/h5-12,15-17,26H,13-14H2,1-4H3,(H,33,36). The van der Waals surface area contributed by atoms with Crippen LogP contribution in [0.25, 0.3) is 10.2 Å². The number of thiazole rings is 1. The highest BCUT2D eigenvalue weighted by Gasteiger charge is 2.36. The van der Waals surface area contributed by atoms with Crippen molar-refractivity contribution in [2.45, 2.75) is 5.92 Å². The number of hydrogen-bond donors (Lipinski definition) is 1. The number of ether oxygens (including phenoxy) is 1. The maximum atomic E-state index is 13.4. The summed E-state index contributed by atoms with van der Waals surface area (Å²) in [6.07, 6.45) is 0. The minimum Gasteiger partial charge on any atom is -0.465 e. The third-order valence-corrected chi connectivity index (χ3v) is 7.59. The van der Waals surface area contributed by atoms with E-state index in [9.17, 15) is 14.4 Å². The van der Waals surface area contributed by atoms with E-state index in [4.69, 9.17) is 9.73 Å². The first kappa shape index (κ1) is 27.2. The van der Waals surface area contributed by atoms with Crippen molar-refractivity contribution in [1.29, 1.82) is 0 Å². The Bertz CT molecular complexity index is 1630. The number of methoxy groups -OCH3 is 1. The van der Waals surface area contributed by atoms with Crippen LogP contribution in [0.4, 0.5) is 11.4 Å². The maximum absolute atomic E-state index is 13.4. The molecule has 204 valence electrons. The molecule has 1 aromatic heterocycles. The van der Waals surface area contributed by atoms with E-state index < -0.39 is 11.9 Å². The highest BCUT2D eigenvalue weighted by molar-refractivity contribution is 7.16. The van der Waals surface area contributed by atoms with Crippen molar-refractivity contribution in [1.82, 2.24) is 14.8 Å².